The van der Waals surface area contributed by atoms with Crippen molar-refractivity contribution in [3.63, 3.8) is 0 Å². The van der Waals surface area contributed by atoms with E-state index in [-0.39, 0.29) is 6.04 Å². The smallest absolute Gasteiger partial charge is 0.120 e. The lowest BCUT2D eigenvalue weighted by molar-refractivity contribution is 0.459. The Morgan fingerprint density at radius 3 is 2.88 bits per heavy atom. The van der Waals surface area contributed by atoms with E-state index in [0.717, 1.165) is 28.0 Å². The van der Waals surface area contributed by atoms with E-state index in [1.165, 1.54) is 0 Å². The normalized spacial score (nSPS) is 12.9. The first-order valence-corrected chi connectivity index (χ1v) is 6.42. The highest BCUT2D eigenvalue weighted by Crippen LogP contribution is 2.25. The van der Waals surface area contributed by atoms with Crippen LogP contribution in [0.15, 0.2) is 27.3 Å². The van der Waals surface area contributed by atoms with Gasteiger partial charge in [0.1, 0.15) is 5.76 Å². The van der Waals surface area contributed by atoms with Gasteiger partial charge in [0.05, 0.1) is 28.2 Å². The third-order valence-electron chi connectivity index (χ3n) is 2.82. The van der Waals surface area contributed by atoms with Crippen molar-refractivity contribution in [1.29, 1.82) is 0 Å². The van der Waals surface area contributed by atoms with Crippen molar-refractivity contribution in [1.82, 2.24) is 9.78 Å². The summed E-state index contributed by atoms with van der Waals surface area (Å²) in [6.45, 7) is 2.09. The standard InChI is InChI=1S/C12H16BrN3O/c1-3-9-12(13)10(16(2)15-9)7-8(14)11-5-4-6-17-11/h4-6,8H,3,7,14H2,1-2H3. The van der Waals surface area contributed by atoms with Gasteiger partial charge < -0.3 is 10.2 Å². The molecular formula is C12H16BrN3O. The highest BCUT2D eigenvalue weighted by Gasteiger charge is 2.17. The van der Waals surface area contributed by atoms with Crippen LogP contribution < -0.4 is 5.73 Å². The number of furan rings is 1. The Kier molecular flexibility index (Phi) is 3.69. The summed E-state index contributed by atoms with van der Waals surface area (Å²) >= 11 is 3.58. The molecule has 92 valence electrons. The van der Waals surface area contributed by atoms with E-state index in [2.05, 4.69) is 28.0 Å². The second-order valence-corrected chi connectivity index (χ2v) is 4.80. The lowest BCUT2D eigenvalue weighted by atomic mass is 10.1. The molecule has 2 aromatic rings. The van der Waals surface area contributed by atoms with Gasteiger partial charge in [-0.25, -0.2) is 0 Å². The molecule has 2 heterocycles. The minimum absolute atomic E-state index is 0.138. The minimum atomic E-state index is -0.138. The number of halogens is 1. The van der Waals surface area contributed by atoms with Crippen molar-refractivity contribution in [3.05, 3.63) is 40.0 Å². The van der Waals surface area contributed by atoms with Crippen LogP contribution in [0.5, 0.6) is 0 Å². The van der Waals surface area contributed by atoms with Crippen molar-refractivity contribution < 1.29 is 4.42 Å². The Bertz CT molecular complexity index is 490. The van der Waals surface area contributed by atoms with Gasteiger partial charge in [0, 0.05) is 13.5 Å². The van der Waals surface area contributed by atoms with Crippen LogP contribution in [-0.2, 0) is 19.9 Å². The molecule has 0 aliphatic heterocycles. The zero-order valence-electron chi connectivity index (χ0n) is 9.98. The van der Waals surface area contributed by atoms with Crippen LogP contribution >= 0.6 is 15.9 Å². The van der Waals surface area contributed by atoms with Crippen molar-refractivity contribution in [2.75, 3.05) is 0 Å². The molecule has 4 nitrogen and oxygen atoms in total. The Balaban J connectivity index is 2.21. The lowest BCUT2D eigenvalue weighted by Crippen LogP contribution is -2.15. The molecule has 0 aliphatic carbocycles. The van der Waals surface area contributed by atoms with E-state index in [4.69, 9.17) is 10.2 Å². The molecule has 0 radical (unpaired) electrons. The average molecular weight is 298 g/mol. The van der Waals surface area contributed by atoms with E-state index in [1.54, 1.807) is 6.26 Å². The first-order chi connectivity index (χ1) is 8.13. The molecular weight excluding hydrogens is 282 g/mol. The molecule has 0 amide bonds. The number of hydrogen-bond acceptors (Lipinski definition) is 3. The summed E-state index contributed by atoms with van der Waals surface area (Å²) in [5.41, 5.74) is 8.27. The fraction of sp³-hybridized carbons (Fsp3) is 0.417. The van der Waals surface area contributed by atoms with Gasteiger partial charge in [0.15, 0.2) is 0 Å². The Labute approximate surface area is 109 Å². The molecule has 2 aromatic heterocycles. The molecule has 0 aliphatic rings. The summed E-state index contributed by atoms with van der Waals surface area (Å²) in [6.07, 6.45) is 3.26. The number of aromatic nitrogens is 2. The van der Waals surface area contributed by atoms with Crippen LogP contribution in [0, 0.1) is 0 Å². The highest BCUT2D eigenvalue weighted by atomic mass is 79.9. The van der Waals surface area contributed by atoms with Crippen LogP contribution in [0.4, 0.5) is 0 Å². The second kappa shape index (κ2) is 5.06. The summed E-state index contributed by atoms with van der Waals surface area (Å²) in [5.74, 6) is 0.802. The van der Waals surface area contributed by atoms with E-state index < -0.39 is 0 Å². The van der Waals surface area contributed by atoms with Gasteiger partial charge in [0.25, 0.3) is 0 Å². The van der Waals surface area contributed by atoms with Crippen molar-refractivity contribution in [3.8, 4) is 0 Å². The topological polar surface area (TPSA) is 57.0 Å². The quantitative estimate of drug-likeness (QED) is 0.944. The van der Waals surface area contributed by atoms with Crippen LogP contribution in [0.25, 0.3) is 0 Å². The Hall–Kier alpha value is -1.07. The Morgan fingerprint density at radius 2 is 2.35 bits per heavy atom. The maximum Gasteiger partial charge on any atom is 0.120 e. The largest absolute Gasteiger partial charge is 0.468 e. The monoisotopic (exact) mass is 297 g/mol. The van der Waals surface area contributed by atoms with Gasteiger partial charge in [-0.05, 0) is 34.5 Å². The summed E-state index contributed by atoms with van der Waals surface area (Å²) in [4.78, 5) is 0. The van der Waals surface area contributed by atoms with Gasteiger partial charge in [-0.1, -0.05) is 6.92 Å². The van der Waals surface area contributed by atoms with E-state index >= 15 is 0 Å². The molecule has 0 bridgehead atoms. The maximum atomic E-state index is 6.10. The molecule has 2 rings (SSSR count). The fourth-order valence-electron chi connectivity index (χ4n) is 1.85. The number of aryl methyl sites for hydroxylation is 2. The minimum Gasteiger partial charge on any atom is -0.468 e. The molecule has 2 N–H and O–H groups in total. The summed E-state index contributed by atoms with van der Waals surface area (Å²) < 4.78 is 8.25. The first kappa shape index (κ1) is 12.4. The van der Waals surface area contributed by atoms with Crippen LogP contribution in [-0.4, -0.2) is 9.78 Å². The molecule has 0 spiro atoms. The van der Waals surface area contributed by atoms with Gasteiger partial charge >= 0.3 is 0 Å². The van der Waals surface area contributed by atoms with Gasteiger partial charge in [-0.15, -0.1) is 0 Å². The van der Waals surface area contributed by atoms with Crippen molar-refractivity contribution >= 4 is 15.9 Å². The molecule has 0 aromatic carbocycles. The SMILES string of the molecule is CCc1nn(C)c(CC(N)c2ccco2)c1Br. The molecule has 0 saturated heterocycles. The summed E-state index contributed by atoms with van der Waals surface area (Å²) in [6, 6.07) is 3.61. The fourth-order valence-corrected chi connectivity index (χ4v) is 2.63. The zero-order valence-corrected chi connectivity index (χ0v) is 11.6. The van der Waals surface area contributed by atoms with Gasteiger partial charge in [-0.3, -0.25) is 4.68 Å². The van der Waals surface area contributed by atoms with E-state index in [1.807, 2.05) is 23.9 Å². The van der Waals surface area contributed by atoms with Gasteiger partial charge in [-0.2, -0.15) is 5.10 Å². The van der Waals surface area contributed by atoms with Crippen molar-refractivity contribution in [2.45, 2.75) is 25.8 Å². The van der Waals surface area contributed by atoms with Crippen LogP contribution in [0.3, 0.4) is 0 Å². The summed E-state index contributed by atoms with van der Waals surface area (Å²) in [5, 5.41) is 4.45. The van der Waals surface area contributed by atoms with E-state index in [0.29, 0.717) is 6.42 Å². The predicted molar refractivity (Wildman–Crippen MR) is 69.6 cm³/mol. The maximum absolute atomic E-state index is 6.10. The number of hydrogen-bond donors (Lipinski definition) is 1. The number of nitrogens with two attached hydrogens (primary N) is 1. The molecule has 1 atom stereocenters. The molecule has 1 unspecified atom stereocenters. The third kappa shape index (κ3) is 2.45. The van der Waals surface area contributed by atoms with E-state index in [9.17, 15) is 0 Å². The molecule has 0 saturated carbocycles. The predicted octanol–water partition coefficient (Wildman–Crippen LogP) is 2.58. The first-order valence-electron chi connectivity index (χ1n) is 5.62. The highest BCUT2D eigenvalue weighted by molar-refractivity contribution is 9.10. The number of nitrogens with zero attached hydrogens (tertiary/aromatic N) is 2. The average Bonchev–Trinajstić information content (AvgIpc) is 2.92. The molecule has 17 heavy (non-hydrogen) atoms. The second-order valence-electron chi connectivity index (χ2n) is 4.01. The molecule has 5 heteroatoms. The molecule has 0 fully saturated rings. The lowest BCUT2D eigenvalue weighted by Gasteiger charge is -2.09. The van der Waals surface area contributed by atoms with Crippen molar-refractivity contribution in [2.24, 2.45) is 12.8 Å². The van der Waals surface area contributed by atoms with Crippen LogP contribution in [0.1, 0.15) is 30.1 Å². The summed E-state index contributed by atoms with van der Waals surface area (Å²) in [7, 11) is 1.94. The van der Waals surface area contributed by atoms with Crippen LogP contribution in [0.2, 0.25) is 0 Å². The Morgan fingerprint density at radius 1 is 1.59 bits per heavy atom. The number of rotatable bonds is 4. The van der Waals surface area contributed by atoms with Gasteiger partial charge in [0.2, 0.25) is 0 Å². The third-order valence-corrected chi connectivity index (χ3v) is 3.74. The zero-order chi connectivity index (χ0) is 12.4.